The van der Waals surface area contributed by atoms with Crippen molar-refractivity contribution in [3.05, 3.63) is 0 Å². The maximum Gasteiger partial charge on any atom is 0.139 e. The zero-order chi connectivity index (χ0) is 19.7. The van der Waals surface area contributed by atoms with Gasteiger partial charge in [0, 0.05) is 28.9 Å². The van der Waals surface area contributed by atoms with Gasteiger partial charge in [-0.3, -0.25) is 4.79 Å². The van der Waals surface area contributed by atoms with Gasteiger partial charge >= 0.3 is 0 Å². The molecule has 0 aromatic carbocycles. The third-order valence-corrected chi connectivity index (χ3v) is 11.9. The van der Waals surface area contributed by atoms with E-state index in [1.54, 1.807) is 0 Å². The molecule has 3 nitrogen and oxygen atoms in total. The van der Waals surface area contributed by atoms with E-state index in [-0.39, 0.29) is 10.8 Å². The molecule has 0 radical (unpaired) electrons. The molecule has 0 aromatic rings. The van der Waals surface area contributed by atoms with E-state index in [4.69, 9.17) is 0 Å². The van der Waals surface area contributed by atoms with Crippen molar-refractivity contribution >= 4 is 17.5 Å². The van der Waals surface area contributed by atoms with Gasteiger partial charge < -0.3 is 10.4 Å². The zero-order valence-electron chi connectivity index (χ0n) is 18.0. The largest absolute Gasteiger partial charge is 0.389 e. The van der Waals surface area contributed by atoms with Gasteiger partial charge in [0.05, 0.1) is 5.60 Å². The summed E-state index contributed by atoms with van der Waals surface area (Å²) >= 11 is 2.16. The quantitative estimate of drug-likeness (QED) is 0.714. The Labute approximate surface area is 175 Å². The lowest BCUT2D eigenvalue weighted by atomic mass is 9.41. The molecule has 5 rings (SSSR count). The molecule has 5 fully saturated rings. The van der Waals surface area contributed by atoms with Crippen LogP contribution in [0.3, 0.4) is 0 Å². The monoisotopic (exact) mass is 405 g/mol. The number of thioether (sulfide) groups is 1. The normalized spacial score (nSPS) is 56.2. The molecule has 0 bridgehead atoms. The third kappa shape index (κ3) is 2.66. The molecule has 0 spiro atoms. The van der Waals surface area contributed by atoms with Gasteiger partial charge in [-0.15, -0.1) is 0 Å². The van der Waals surface area contributed by atoms with E-state index in [0.29, 0.717) is 34.7 Å². The summed E-state index contributed by atoms with van der Waals surface area (Å²) < 4.78 is 0. The lowest BCUT2D eigenvalue weighted by Crippen LogP contribution is -2.66. The van der Waals surface area contributed by atoms with Gasteiger partial charge in [0.1, 0.15) is 5.78 Å². The molecule has 2 N–H and O–H groups in total. The maximum atomic E-state index is 12.7. The van der Waals surface area contributed by atoms with Gasteiger partial charge in [0.2, 0.25) is 0 Å². The van der Waals surface area contributed by atoms with Gasteiger partial charge in [-0.1, -0.05) is 20.8 Å². The molecule has 4 saturated carbocycles. The highest BCUT2D eigenvalue weighted by molar-refractivity contribution is 8.00. The van der Waals surface area contributed by atoms with Crippen molar-refractivity contribution in [2.24, 2.45) is 34.5 Å². The summed E-state index contributed by atoms with van der Waals surface area (Å²) in [5, 5.41) is 17.0. The van der Waals surface area contributed by atoms with Crippen LogP contribution in [0.2, 0.25) is 0 Å². The van der Waals surface area contributed by atoms with Crippen molar-refractivity contribution in [1.29, 1.82) is 0 Å². The summed E-state index contributed by atoms with van der Waals surface area (Å²) in [5.74, 6) is 2.70. The van der Waals surface area contributed by atoms with Crippen LogP contribution >= 0.6 is 11.8 Å². The summed E-state index contributed by atoms with van der Waals surface area (Å²) in [4.78, 5) is 12.7. The molecular weight excluding hydrogens is 366 g/mol. The summed E-state index contributed by atoms with van der Waals surface area (Å²) in [6, 6.07) is 0. The molecular formula is C24H39NO2S. The highest BCUT2D eigenvalue weighted by Crippen LogP contribution is 2.68. The molecule has 0 aromatic heterocycles. The fraction of sp³-hybridized carbons (Fsp3) is 0.958. The van der Waals surface area contributed by atoms with Crippen LogP contribution in [-0.4, -0.2) is 40.1 Å². The zero-order valence-corrected chi connectivity index (χ0v) is 18.8. The number of carbonyl (C=O) groups excluding carboxylic acids is 1. The van der Waals surface area contributed by atoms with E-state index in [1.807, 2.05) is 0 Å². The predicted molar refractivity (Wildman–Crippen MR) is 115 cm³/mol. The van der Waals surface area contributed by atoms with Crippen molar-refractivity contribution in [3.8, 4) is 0 Å². The second-order valence-electron chi connectivity index (χ2n) is 11.4. The fourth-order valence-corrected chi connectivity index (χ4v) is 10.2. The number of carbonyl (C=O) groups is 1. The van der Waals surface area contributed by atoms with Gasteiger partial charge in [0.25, 0.3) is 0 Å². The Morgan fingerprint density at radius 3 is 2.64 bits per heavy atom. The fourth-order valence-electron chi connectivity index (χ4n) is 8.54. The van der Waals surface area contributed by atoms with Crippen LogP contribution in [0.5, 0.6) is 0 Å². The summed E-state index contributed by atoms with van der Waals surface area (Å²) in [6.07, 6.45) is 9.94. The van der Waals surface area contributed by atoms with Crippen molar-refractivity contribution in [3.63, 3.8) is 0 Å². The summed E-state index contributed by atoms with van der Waals surface area (Å²) in [6.45, 7) is 9.32. The van der Waals surface area contributed by atoms with Crippen LogP contribution in [0.25, 0.3) is 0 Å². The predicted octanol–water partition coefficient (Wildman–Crippen LogP) is 4.42. The van der Waals surface area contributed by atoms with Crippen LogP contribution in [0.4, 0.5) is 0 Å². The lowest BCUT2D eigenvalue weighted by Gasteiger charge is -2.65. The first kappa shape index (κ1) is 19.9. The Balaban J connectivity index is 1.39. The maximum absolute atomic E-state index is 12.7. The average molecular weight is 406 g/mol. The Morgan fingerprint density at radius 1 is 1.07 bits per heavy atom. The van der Waals surface area contributed by atoms with E-state index >= 15 is 0 Å². The molecule has 0 amide bonds. The van der Waals surface area contributed by atoms with E-state index in [2.05, 4.69) is 37.8 Å². The van der Waals surface area contributed by atoms with Crippen LogP contribution in [0.1, 0.15) is 78.6 Å². The number of ketones is 1. The first-order chi connectivity index (χ1) is 13.3. The van der Waals surface area contributed by atoms with Crippen molar-refractivity contribution < 1.29 is 9.90 Å². The standard InChI is InChI=1S/C24H39NO2S/c1-15-12-18-19-4-5-21(26)22(19,2)9-7-20(18)23(3)10-6-16(13-24(15,23)27)28-17-8-11-25-14-17/h15-20,25,27H,4-14H2,1-3H3/t15?,16?,17-,18+,19+,20-,22+,23-,24?/m1/s1. The molecule has 5 aliphatic rings. The minimum Gasteiger partial charge on any atom is -0.389 e. The van der Waals surface area contributed by atoms with E-state index < -0.39 is 5.60 Å². The first-order valence-corrected chi connectivity index (χ1v) is 12.8. The van der Waals surface area contributed by atoms with Crippen molar-refractivity contribution in [1.82, 2.24) is 5.32 Å². The minimum absolute atomic E-state index is 0.0350. The van der Waals surface area contributed by atoms with E-state index in [1.165, 1.54) is 19.3 Å². The Bertz CT molecular complexity index is 649. The summed E-state index contributed by atoms with van der Waals surface area (Å²) in [5.41, 5.74) is -0.547. The Kier molecular flexibility index (Phi) is 4.77. The van der Waals surface area contributed by atoms with Gasteiger partial charge in [-0.05, 0) is 87.0 Å². The number of fused-ring (bicyclic) bond motifs is 5. The van der Waals surface area contributed by atoms with Crippen LogP contribution in [0.15, 0.2) is 0 Å². The van der Waals surface area contributed by atoms with E-state index in [9.17, 15) is 9.90 Å². The summed E-state index contributed by atoms with van der Waals surface area (Å²) in [7, 11) is 0. The Hall–Kier alpha value is -0.0600. The topological polar surface area (TPSA) is 49.3 Å². The molecule has 28 heavy (non-hydrogen) atoms. The second kappa shape index (κ2) is 6.72. The molecule has 4 aliphatic carbocycles. The van der Waals surface area contributed by atoms with Gasteiger partial charge in [0.15, 0.2) is 0 Å². The smallest absolute Gasteiger partial charge is 0.139 e. The van der Waals surface area contributed by atoms with Crippen LogP contribution in [-0.2, 0) is 4.79 Å². The van der Waals surface area contributed by atoms with Gasteiger partial charge in [-0.2, -0.15) is 11.8 Å². The lowest BCUT2D eigenvalue weighted by molar-refractivity contribution is -0.226. The highest BCUT2D eigenvalue weighted by Gasteiger charge is 2.66. The molecule has 1 aliphatic heterocycles. The van der Waals surface area contributed by atoms with Crippen LogP contribution < -0.4 is 5.32 Å². The van der Waals surface area contributed by atoms with Crippen molar-refractivity contribution in [2.45, 2.75) is 94.7 Å². The number of aliphatic hydroxyl groups is 1. The highest BCUT2D eigenvalue weighted by atomic mass is 32.2. The third-order valence-electron chi connectivity index (χ3n) is 10.3. The number of rotatable bonds is 2. The molecule has 1 saturated heterocycles. The number of hydrogen-bond donors (Lipinski definition) is 2. The second-order valence-corrected chi connectivity index (χ2v) is 13.0. The first-order valence-electron chi connectivity index (χ1n) is 11.9. The van der Waals surface area contributed by atoms with Gasteiger partial charge in [-0.25, -0.2) is 0 Å². The number of hydrogen-bond acceptors (Lipinski definition) is 4. The number of nitrogens with one attached hydrogen (secondary N) is 1. The molecule has 4 heteroatoms. The minimum atomic E-state index is -0.521. The molecule has 3 unspecified atom stereocenters. The van der Waals surface area contributed by atoms with E-state index in [0.717, 1.165) is 56.9 Å². The molecule has 158 valence electrons. The average Bonchev–Trinajstić information content (AvgIpc) is 3.26. The number of Topliss-reactive ketones (excluding diaryl/α,β-unsaturated/α-hetero) is 1. The SMILES string of the molecule is CC1C[C@@H]2[C@@H](CC[C@]3(C)C(=O)CC[C@@H]23)[C@@]2(C)CCC(S[C@@H]3CCNC3)CC12O. The van der Waals surface area contributed by atoms with Crippen molar-refractivity contribution in [2.75, 3.05) is 13.1 Å². The Morgan fingerprint density at radius 2 is 1.89 bits per heavy atom. The molecule has 1 heterocycles. The van der Waals surface area contributed by atoms with Crippen LogP contribution in [0, 0.1) is 34.5 Å². The molecule has 9 atom stereocenters.